The predicted molar refractivity (Wildman–Crippen MR) is 70.3 cm³/mol. The van der Waals surface area contributed by atoms with E-state index in [-0.39, 0.29) is 16.8 Å². The topological polar surface area (TPSA) is 63.2 Å². The molecule has 17 heavy (non-hydrogen) atoms. The Morgan fingerprint density at radius 1 is 1.47 bits per heavy atom. The molecule has 1 atom stereocenters. The molecule has 1 unspecified atom stereocenters. The number of sulfone groups is 1. The van der Waals surface area contributed by atoms with E-state index in [2.05, 4.69) is 21.2 Å². The molecule has 1 amide bonds. The van der Waals surface area contributed by atoms with Crippen molar-refractivity contribution in [3.8, 4) is 0 Å². The highest BCUT2D eigenvalue weighted by Gasteiger charge is 2.12. The van der Waals surface area contributed by atoms with Crippen molar-refractivity contribution in [3.05, 3.63) is 29.8 Å². The second-order valence-electron chi connectivity index (χ2n) is 3.83. The van der Waals surface area contributed by atoms with Crippen molar-refractivity contribution < 1.29 is 13.2 Å². The third-order valence-electron chi connectivity index (χ3n) is 2.13. The van der Waals surface area contributed by atoms with E-state index in [1.54, 1.807) is 12.1 Å². The maximum Gasteiger partial charge on any atom is 0.251 e. The van der Waals surface area contributed by atoms with Crippen molar-refractivity contribution in [2.45, 2.75) is 17.9 Å². The number of hydrogen-bond acceptors (Lipinski definition) is 3. The summed E-state index contributed by atoms with van der Waals surface area (Å²) >= 11 is 3.25. The smallest absolute Gasteiger partial charge is 0.251 e. The van der Waals surface area contributed by atoms with E-state index in [0.29, 0.717) is 10.9 Å². The highest BCUT2D eigenvalue weighted by molar-refractivity contribution is 9.09. The fourth-order valence-corrected chi connectivity index (χ4v) is 2.04. The molecule has 0 fully saturated rings. The van der Waals surface area contributed by atoms with Gasteiger partial charge in [0.15, 0.2) is 9.84 Å². The fraction of sp³-hybridized carbons (Fsp3) is 0.364. The normalized spacial score (nSPS) is 13.1. The van der Waals surface area contributed by atoms with Gasteiger partial charge < -0.3 is 5.32 Å². The molecule has 1 aromatic carbocycles. The summed E-state index contributed by atoms with van der Waals surface area (Å²) < 4.78 is 22.7. The molecule has 0 saturated heterocycles. The summed E-state index contributed by atoms with van der Waals surface area (Å²) in [6.45, 7) is 1.85. The summed E-state index contributed by atoms with van der Waals surface area (Å²) in [4.78, 5) is 11.9. The van der Waals surface area contributed by atoms with Gasteiger partial charge in [0.2, 0.25) is 0 Å². The van der Waals surface area contributed by atoms with Crippen molar-refractivity contribution in [3.63, 3.8) is 0 Å². The Hall–Kier alpha value is -0.880. The van der Waals surface area contributed by atoms with E-state index in [0.717, 1.165) is 6.26 Å². The van der Waals surface area contributed by atoms with Crippen LogP contribution in [0.3, 0.4) is 0 Å². The summed E-state index contributed by atoms with van der Waals surface area (Å²) in [5.41, 5.74) is 0.348. The van der Waals surface area contributed by atoms with Crippen LogP contribution in [0, 0.1) is 0 Å². The van der Waals surface area contributed by atoms with Crippen molar-refractivity contribution in [2.75, 3.05) is 11.6 Å². The summed E-state index contributed by atoms with van der Waals surface area (Å²) in [6.07, 6.45) is 1.12. The highest BCUT2D eigenvalue weighted by Crippen LogP contribution is 2.11. The fourth-order valence-electron chi connectivity index (χ4n) is 1.21. The van der Waals surface area contributed by atoms with Crippen LogP contribution >= 0.6 is 15.9 Å². The Balaban J connectivity index is 2.97. The van der Waals surface area contributed by atoms with E-state index in [4.69, 9.17) is 0 Å². The number of alkyl halides is 1. The minimum atomic E-state index is -3.28. The Labute approximate surface area is 109 Å². The lowest BCUT2D eigenvalue weighted by Gasteiger charge is -2.11. The van der Waals surface area contributed by atoms with Gasteiger partial charge in [0.1, 0.15) is 0 Å². The van der Waals surface area contributed by atoms with Gasteiger partial charge in [-0.2, -0.15) is 0 Å². The number of carbonyl (C=O) groups is 1. The van der Waals surface area contributed by atoms with Crippen LogP contribution in [0.2, 0.25) is 0 Å². The zero-order chi connectivity index (χ0) is 13.1. The molecule has 1 aromatic rings. The van der Waals surface area contributed by atoms with Crippen molar-refractivity contribution in [2.24, 2.45) is 0 Å². The van der Waals surface area contributed by atoms with E-state index in [1.807, 2.05) is 6.92 Å². The molecule has 0 aliphatic carbocycles. The van der Waals surface area contributed by atoms with Crippen molar-refractivity contribution in [1.29, 1.82) is 0 Å². The van der Waals surface area contributed by atoms with Crippen LogP contribution in [0.1, 0.15) is 17.3 Å². The zero-order valence-electron chi connectivity index (χ0n) is 9.60. The number of rotatable bonds is 4. The Bertz CT molecular complexity index is 513. The quantitative estimate of drug-likeness (QED) is 0.857. The number of halogens is 1. The summed E-state index contributed by atoms with van der Waals surface area (Å²) in [6, 6.07) is 5.99. The number of amides is 1. The molecular weight excluding hydrogens is 306 g/mol. The third kappa shape index (κ3) is 4.12. The van der Waals surface area contributed by atoms with Crippen molar-refractivity contribution in [1.82, 2.24) is 5.32 Å². The number of hydrogen-bond donors (Lipinski definition) is 1. The van der Waals surface area contributed by atoms with Gasteiger partial charge in [-0.3, -0.25) is 4.79 Å². The van der Waals surface area contributed by atoms with E-state index >= 15 is 0 Å². The average molecular weight is 320 g/mol. The van der Waals surface area contributed by atoms with Gasteiger partial charge in [-0.1, -0.05) is 22.0 Å². The second-order valence-corrected chi connectivity index (χ2v) is 6.49. The van der Waals surface area contributed by atoms with Gasteiger partial charge in [0, 0.05) is 23.2 Å². The molecule has 6 heteroatoms. The molecule has 94 valence electrons. The lowest BCUT2D eigenvalue weighted by atomic mass is 10.2. The molecule has 1 N–H and O–H groups in total. The van der Waals surface area contributed by atoms with Gasteiger partial charge in [-0.25, -0.2) is 8.42 Å². The van der Waals surface area contributed by atoms with E-state index < -0.39 is 9.84 Å². The summed E-state index contributed by atoms with van der Waals surface area (Å²) in [7, 11) is -3.28. The second kappa shape index (κ2) is 5.64. The van der Waals surface area contributed by atoms with Crippen LogP contribution in [-0.2, 0) is 9.84 Å². The van der Waals surface area contributed by atoms with Crippen molar-refractivity contribution >= 4 is 31.7 Å². The molecule has 0 heterocycles. The zero-order valence-corrected chi connectivity index (χ0v) is 12.0. The first-order chi connectivity index (χ1) is 7.84. The summed E-state index contributed by atoms with van der Waals surface area (Å²) in [5.74, 6) is -0.276. The van der Waals surface area contributed by atoms with Crippen LogP contribution in [0.25, 0.3) is 0 Å². The van der Waals surface area contributed by atoms with Gasteiger partial charge in [0.25, 0.3) is 5.91 Å². The molecule has 0 aromatic heterocycles. The SMILES string of the molecule is CC(CBr)NC(=O)c1cccc(S(C)(=O)=O)c1. The Morgan fingerprint density at radius 2 is 2.12 bits per heavy atom. The van der Waals surface area contributed by atoms with Crippen LogP contribution in [0.4, 0.5) is 0 Å². The van der Waals surface area contributed by atoms with Gasteiger partial charge >= 0.3 is 0 Å². The molecule has 4 nitrogen and oxygen atoms in total. The molecule has 0 radical (unpaired) electrons. The lowest BCUT2D eigenvalue weighted by molar-refractivity contribution is 0.0943. The first-order valence-corrected chi connectivity index (χ1v) is 8.03. The van der Waals surface area contributed by atoms with E-state index in [1.165, 1.54) is 12.1 Å². The molecule has 0 spiro atoms. The monoisotopic (exact) mass is 319 g/mol. The van der Waals surface area contributed by atoms with Gasteiger partial charge in [-0.15, -0.1) is 0 Å². The lowest BCUT2D eigenvalue weighted by Crippen LogP contribution is -2.33. The Morgan fingerprint density at radius 3 is 2.65 bits per heavy atom. The molecule has 0 bridgehead atoms. The Kier molecular flexibility index (Phi) is 4.70. The summed E-state index contributed by atoms with van der Waals surface area (Å²) in [5, 5.41) is 3.39. The largest absolute Gasteiger partial charge is 0.349 e. The molecular formula is C11H14BrNO3S. The van der Waals surface area contributed by atoms with Gasteiger partial charge in [-0.05, 0) is 25.1 Å². The van der Waals surface area contributed by atoms with Crippen LogP contribution < -0.4 is 5.32 Å². The number of carbonyl (C=O) groups excluding carboxylic acids is 1. The first-order valence-electron chi connectivity index (χ1n) is 5.01. The average Bonchev–Trinajstić information content (AvgIpc) is 2.28. The standard InChI is InChI=1S/C11H14BrNO3S/c1-8(7-12)13-11(14)9-4-3-5-10(6-9)17(2,15)16/h3-6,8H,7H2,1-2H3,(H,13,14). The maximum absolute atomic E-state index is 11.8. The highest BCUT2D eigenvalue weighted by atomic mass is 79.9. The molecule has 1 rings (SSSR count). The minimum Gasteiger partial charge on any atom is -0.349 e. The van der Waals surface area contributed by atoms with Crippen LogP contribution in [-0.4, -0.2) is 32.0 Å². The van der Waals surface area contributed by atoms with E-state index in [9.17, 15) is 13.2 Å². The predicted octanol–water partition coefficient (Wildman–Crippen LogP) is 1.60. The minimum absolute atomic E-state index is 0.00982. The van der Waals surface area contributed by atoms with Gasteiger partial charge in [0.05, 0.1) is 4.90 Å². The maximum atomic E-state index is 11.8. The third-order valence-corrected chi connectivity index (χ3v) is 4.21. The van der Waals surface area contributed by atoms with Crippen LogP contribution in [0.15, 0.2) is 29.2 Å². The molecule has 0 aliphatic heterocycles. The first kappa shape index (κ1) is 14.2. The van der Waals surface area contributed by atoms with Crippen LogP contribution in [0.5, 0.6) is 0 Å². The molecule has 0 saturated carbocycles. The number of benzene rings is 1. The number of nitrogens with one attached hydrogen (secondary N) is 1. The molecule has 0 aliphatic rings.